The molecule has 3 fully saturated rings. The molecule has 3 aliphatic heterocycles. The van der Waals surface area contributed by atoms with E-state index in [1.807, 2.05) is 35.5 Å². The van der Waals surface area contributed by atoms with Gasteiger partial charge in [-0.3, -0.25) is 19.3 Å². The van der Waals surface area contributed by atoms with E-state index in [1.165, 1.54) is 6.42 Å². The van der Waals surface area contributed by atoms with E-state index in [0.717, 1.165) is 51.9 Å². The molecule has 0 spiro atoms. The lowest BCUT2D eigenvalue weighted by Crippen LogP contribution is -2.54. The molecule has 3 saturated heterocycles. The van der Waals surface area contributed by atoms with Crippen molar-refractivity contribution in [1.82, 2.24) is 19.6 Å². The van der Waals surface area contributed by atoms with Gasteiger partial charge in [0.05, 0.1) is 6.54 Å². The minimum Gasteiger partial charge on any atom is -0.342 e. The van der Waals surface area contributed by atoms with Gasteiger partial charge in [0.25, 0.3) is 0 Å². The van der Waals surface area contributed by atoms with Crippen molar-refractivity contribution >= 4 is 17.7 Å². The van der Waals surface area contributed by atoms with Gasteiger partial charge in [-0.1, -0.05) is 20.8 Å². The Morgan fingerprint density at radius 3 is 1.86 bits per heavy atom. The van der Waals surface area contributed by atoms with E-state index in [9.17, 15) is 14.4 Å². The quantitative estimate of drug-likeness (QED) is 0.711. The summed E-state index contributed by atoms with van der Waals surface area (Å²) in [5.74, 6) is 0.672. The molecule has 3 heterocycles. The van der Waals surface area contributed by atoms with E-state index in [-0.39, 0.29) is 29.1 Å². The first-order chi connectivity index (χ1) is 13.8. The lowest BCUT2D eigenvalue weighted by atomic mass is 9.90. The number of carbonyl (C=O) groups is 3. The Bertz CT molecular complexity index is 594. The normalized spacial score (nSPS) is 22.7. The first-order valence-corrected chi connectivity index (χ1v) is 11.3. The van der Waals surface area contributed by atoms with Crippen LogP contribution in [0.5, 0.6) is 0 Å². The van der Waals surface area contributed by atoms with Gasteiger partial charge in [0, 0.05) is 63.7 Å². The third-order valence-corrected chi connectivity index (χ3v) is 6.52. The molecule has 0 bridgehead atoms. The van der Waals surface area contributed by atoms with E-state index < -0.39 is 0 Å². The molecule has 3 rings (SSSR count). The summed E-state index contributed by atoms with van der Waals surface area (Å²) in [5, 5.41) is 0. The Morgan fingerprint density at radius 2 is 1.31 bits per heavy atom. The fourth-order valence-electron chi connectivity index (χ4n) is 4.62. The third kappa shape index (κ3) is 5.71. The number of carbonyl (C=O) groups excluding carboxylic acids is 3. The van der Waals surface area contributed by atoms with E-state index in [0.29, 0.717) is 32.7 Å². The molecule has 29 heavy (non-hydrogen) atoms. The zero-order chi connectivity index (χ0) is 21.0. The highest BCUT2D eigenvalue weighted by Crippen LogP contribution is 2.25. The van der Waals surface area contributed by atoms with Gasteiger partial charge in [-0.25, -0.2) is 0 Å². The smallest absolute Gasteiger partial charge is 0.236 e. The highest BCUT2D eigenvalue weighted by molar-refractivity contribution is 5.83. The summed E-state index contributed by atoms with van der Waals surface area (Å²) >= 11 is 0. The molecule has 3 amide bonds. The maximum absolute atomic E-state index is 12.9. The second-order valence-electron chi connectivity index (χ2n) is 9.86. The predicted molar refractivity (Wildman–Crippen MR) is 112 cm³/mol. The predicted octanol–water partition coefficient (Wildman–Crippen LogP) is 1.43. The first kappa shape index (κ1) is 22.1. The minimum absolute atomic E-state index is 0.0283. The molecular weight excluding hydrogens is 368 g/mol. The molecule has 0 unspecified atom stereocenters. The van der Waals surface area contributed by atoms with Gasteiger partial charge in [0.2, 0.25) is 17.7 Å². The zero-order valence-electron chi connectivity index (χ0n) is 18.5. The number of hydrogen-bond donors (Lipinski definition) is 0. The van der Waals surface area contributed by atoms with Crippen LogP contribution in [0.25, 0.3) is 0 Å². The van der Waals surface area contributed by atoms with Crippen LogP contribution in [-0.4, -0.2) is 96.2 Å². The molecule has 0 aromatic carbocycles. The Hall–Kier alpha value is -1.63. The molecular formula is C22H38N4O3. The van der Waals surface area contributed by atoms with Crippen LogP contribution in [0.4, 0.5) is 0 Å². The van der Waals surface area contributed by atoms with Crippen molar-refractivity contribution in [2.45, 2.75) is 52.9 Å². The number of nitrogens with zero attached hydrogens (tertiary/aromatic N) is 4. The molecule has 0 aliphatic carbocycles. The Kier molecular flexibility index (Phi) is 7.19. The summed E-state index contributed by atoms with van der Waals surface area (Å²) in [6, 6.07) is 0. The van der Waals surface area contributed by atoms with E-state index in [1.54, 1.807) is 0 Å². The van der Waals surface area contributed by atoms with Crippen molar-refractivity contribution in [3.05, 3.63) is 0 Å². The molecule has 0 aromatic rings. The molecule has 0 saturated carbocycles. The van der Waals surface area contributed by atoms with Crippen molar-refractivity contribution in [3.8, 4) is 0 Å². The summed E-state index contributed by atoms with van der Waals surface area (Å²) < 4.78 is 0. The van der Waals surface area contributed by atoms with Crippen molar-refractivity contribution in [1.29, 1.82) is 0 Å². The molecule has 0 aromatic heterocycles. The third-order valence-electron chi connectivity index (χ3n) is 6.52. The average molecular weight is 407 g/mol. The Morgan fingerprint density at radius 1 is 0.724 bits per heavy atom. The van der Waals surface area contributed by atoms with Crippen LogP contribution >= 0.6 is 0 Å². The largest absolute Gasteiger partial charge is 0.342 e. The minimum atomic E-state index is -0.362. The van der Waals surface area contributed by atoms with Crippen LogP contribution < -0.4 is 0 Å². The maximum Gasteiger partial charge on any atom is 0.236 e. The second-order valence-corrected chi connectivity index (χ2v) is 9.86. The van der Waals surface area contributed by atoms with Crippen LogP contribution in [-0.2, 0) is 14.4 Å². The SMILES string of the molecule is CC(C)(C)C(=O)N1CCC(C(=O)N2CCN(CC(=O)N3CCCCC3)CC2)CC1. The monoisotopic (exact) mass is 406 g/mol. The van der Waals surface area contributed by atoms with Crippen LogP contribution in [0.2, 0.25) is 0 Å². The van der Waals surface area contributed by atoms with Crippen molar-refractivity contribution in [2.75, 3.05) is 58.9 Å². The molecule has 7 heteroatoms. The highest BCUT2D eigenvalue weighted by atomic mass is 16.2. The molecule has 7 nitrogen and oxygen atoms in total. The maximum atomic E-state index is 12.9. The van der Waals surface area contributed by atoms with Crippen LogP contribution in [0.3, 0.4) is 0 Å². The molecule has 0 atom stereocenters. The first-order valence-electron chi connectivity index (χ1n) is 11.3. The molecule has 164 valence electrons. The number of likely N-dealkylation sites (tertiary alicyclic amines) is 2. The number of rotatable bonds is 3. The van der Waals surface area contributed by atoms with Gasteiger partial charge in [-0.15, -0.1) is 0 Å². The van der Waals surface area contributed by atoms with Crippen molar-refractivity contribution in [3.63, 3.8) is 0 Å². The lowest BCUT2D eigenvalue weighted by molar-refractivity contribution is -0.146. The lowest BCUT2D eigenvalue weighted by Gasteiger charge is -2.40. The molecule has 0 radical (unpaired) electrons. The van der Waals surface area contributed by atoms with Crippen LogP contribution in [0, 0.1) is 11.3 Å². The topological polar surface area (TPSA) is 64.2 Å². The van der Waals surface area contributed by atoms with Gasteiger partial charge in [-0.2, -0.15) is 0 Å². The highest BCUT2D eigenvalue weighted by Gasteiger charge is 2.34. The Balaban J connectivity index is 1.40. The Labute approximate surface area is 175 Å². The second kappa shape index (κ2) is 9.45. The van der Waals surface area contributed by atoms with Crippen molar-refractivity contribution < 1.29 is 14.4 Å². The van der Waals surface area contributed by atoms with Crippen LogP contribution in [0.15, 0.2) is 0 Å². The summed E-state index contributed by atoms with van der Waals surface area (Å²) in [4.78, 5) is 45.9. The van der Waals surface area contributed by atoms with E-state index >= 15 is 0 Å². The fraction of sp³-hybridized carbons (Fsp3) is 0.864. The summed E-state index contributed by atoms with van der Waals surface area (Å²) in [5.41, 5.74) is -0.362. The van der Waals surface area contributed by atoms with Crippen molar-refractivity contribution in [2.24, 2.45) is 11.3 Å². The summed E-state index contributed by atoms with van der Waals surface area (Å²) in [7, 11) is 0. The van der Waals surface area contributed by atoms with Gasteiger partial charge in [0.15, 0.2) is 0 Å². The standard InChI is InChI=1S/C22H38N4O3/c1-22(2,3)21(29)26-11-7-18(8-12-26)20(28)25-15-13-23(14-16-25)17-19(27)24-9-5-4-6-10-24/h18H,4-17H2,1-3H3. The number of amides is 3. The number of hydrogen-bond acceptors (Lipinski definition) is 4. The van der Waals surface area contributed by atoms with Gasteiger partial charge in [-0.05, 0) is 32.1 Å². The van der Waals surface area contributed by atoms with Crippen LogP contribution in [0.1, 0.15) is 52.9 Å². The molecule has 0 N–H and O–H groups in total. The zero-order valence-corrected chi connectivity index (χ0v) is 18.5. The number of piperazine rings is 1. The van der Waals surface area contributed by atoms with E-state index in [2.05, 4.69) is 4.90 Å². The van der Waals surface area contributed by atoms with Gasteiger partial charge >= 0.3 is 0 Å². The van der Waals surface area contributed by atoms with Gasteiger partial charge in [0.1, 0.15) is 0 Å². The molecule has 3 aliphatic rings. The van der Waals surface area contributed by atoms with E-state index in [4.69, 9.17) is 0 Å². The number of piperidine rings is 2. The van der Waals surface area contributed by atoms with Gasteiger partial charge < -0.3 is 14.7 Å². The summed E-state index contributed by atoms with van der Waals surface area (Å²) in [6.07, 6.45) is 4.98. The summed E-state index contributed by atoms with van der Waals surface area (Å²) in [6.45, 7) is 12.4. The average Bonchev–Trinajstić information content (AvgIpc) is 2.73. The fourth-order valence-corrected chi connectivity index (χ4v) is 4.62.